The second-order valence-corrected chi connectivity index (χ2v) is 5.26. The number of nitrogens with one attached hydrogen (secondary N) is 1. The summed E-state index contributed by atoms with van der Waals surface area (Å²) in [6.45, 7) is 6.12. The molecule has 0 amide bonds. The highest BCUT2D eigenvalue weighted by molar-refractivity contribution is 4.86. The normalized spacial score (nSPS) is 35.6. The third-order valence-electron chi connectivity index (χ3n) is 3.77. The summed E-state index contributed by atoms with van der Waals surface area (Å²) in [4.78, 5) is 0. The molecular weight excluding hydrogens is 176 g/mol. The van der Waals surface area contributed by atoms with Gasteiger partial charge < -0.3 is 15.8 Å². The van der Waals surface area contributed by atoms with Gasteiger partial charge in [-0.1, -0.05) is 13.3 Å². The van der Waals surface area contributed by atoms with Crippen molar-refractivity contribution in [3.8, 4) is 0 Å². The third-order valence-corrected chi connectivity index (χ3v) is 3.77. The van der Waals surface area contributed by atoms with Crippen LogP contribution in [0.4, 0.5) is 0 Å². The molecule has 2 unspecified atom stereocenters. The molecule has 0 radical (unpaired) electrons. The van der Waals surface area contributed by atoms with Crippen molar-refractivity contribution < 1.29 is 4.74 Å². The van der Waals surface area contributed by atoms with Gasteiger partial charge in [0.1, 0.15) is 0 Å². The first kappa shape index (κ1) is 10.4. The van der Waals surface area contributed by atoms with Gasteiger partial charge in [0, 0.05) is 25.0 Å². The Labute approximate surface area is 86.4 Å². The molecule has 1 aliphatic heterocycles. The third kappa shape index (κ3) is 2.27. The SMILES string of the molecule is CC1(CNCC2COCC2N)CCC1. The van der Waals surface area contributed by atoms with Crippen molar-refractivity contribution in [3.63, 3.8) is 0 Å². The highest BCUT2D eigenvalue weighted by Gasteiger charge is 2.32. The fourth-order valence-corrected chi connectivity index (χ4v) is 2.34. The highest BCUT2D eigenvalue weighted by atomic mass is 16.5. The first-order chi connectivity index (χ1) is 6.70. The van der Waals surface area contributed by atoms with Crippen molar-refractivity contribution in [1.82, 2.24) is 5.32 Å². The molecule has 3 nitrogen and oxygen atoms in total. The zero-order valence-electron chi connectivity index (χ0n) is 9.09. The lowest BCUT2D eigenvalue weighted by Crippen LogP contribution is -2.42. The van der Waals surface area contributed by atoms with Crippen LogP contribution in [-0.4, -0.2) is 32.3 Å². The van der Waals surface area contributed by atoms with E-state index in [9.17, 15) is 0 Å². The van der Waals surface area contributed by atoms with E-state index in [1.807, 2.05) is 0 Å². The van der Waals surface area contributed by atoms with Crippen LogP contribution in [0, 0.1) is 11.3 Å². The van der Waals surface area contributed by atoms with Gasteiger partial charge in [0.05, 0.1) is 13.2 Å². The van der Waals surface area contributed by atoms with Gasteiger partial charge >= 0.3 is 0 Å². The largest absolute Gasteiger partial charge is 0.379 e. The molecule has 0 aromatic rings. The van der Waals surface area contributed by atoms with E-state index in [4.69, 9.17) is 10.5 Å². The van der Waals surface area contributed by atoms with Gasteiger partial charge in [-0.05, 0) is 18.3 Å². The summed E-state index contributed by atoms with van der Waals surface area (Å²) in [5.41, 5.74) is 6.48. The van der Waals surface area contributed by atoms with Crippen LogP contribution in [0.3, 0.4) is 0 Å². The Hall–Kier alpha value is -0.120. The second kappa shape index (κ2) is 4.17. The lowest BCUT2D eigenvalue weighted by Gasteiger charge is -2.38. The van der Waals surface area contributed by atoms with Crippen molar-refractivity contribution in [1.29, 1.82) is 0 Å². The van der Waals surface area contributed by atoms with Gasteiger partial charge in [0.25, 0.3) is 0 Å². The van der Waals surface area contributed by atoms with Crippen LogP contribution in [0.25, 0.3) is 0 Å². The first-order valence-electron chi connectivity index (χ1n) is 5.74. The molecule has 3 heteroatoms. The summed E-state index contributed by atoms with van der Waals surface area (Å²) >= 11 is 0. The lowest BCUT2D eigenvalue weighted by molar-refractivity contribution is 0.151. The lowest BCUT2D eigenvalue weighted by atomic mass is 9.70. The van der Waals surface area contributed by atoms with Crippen molar-refractivity contribution >= 4 is 0 Å². The summed E-state index contributed by atoms with van der Waals surface area (Å²) in [7, 11) is 0. The van der Waals surface area contributed by atoms with Crippen LogP contribution in [-0.2, 0) is 4.74 Å². The van der Waals surface area contributed by atoms with Gasteiger partial charge in [-0.15, -0.1) is 0 Å². The maximum Gasteiger partial charge on any atom is 0.0621 e. The number of ether oxygens (including phenoxy) is 1. The maximum absolute atomic E-state index is 5.91. The molecule has 2 aliphatic rings. The van der Waals surface area contributed by atoms with Gasteiger partial charge in [-0.25, -0.2) is 0 Å². The standard InChI is InChI=1S/C11H22N2O/c1-11(3-2-4-11)8-13-5-9-6-14-7-10(9)12/h9-10,13H,2-8,12H2,1H3. The molecule has 0 aromatic carbocycles. The number of rotatable bonds is 4. The van der Waals surface area contributed by atoms with E-state index >= 15 is 0 Å². The quantitative estimate of drug-likeness (QED) is 0.700. The Bertz CT molecular complexity index is 192. The molecule has 14 heavy (non-hydrogen) atoms. The van der Waals surface area contributed by atoms with Crippen molar-refractivity contribution in [2.24, 2.45) is 17.1 Å². The molecule has 0 aromatic heterocycles. The van der Waals surface area contributed by atoms with E-state index in [1.54, 1.807) is 0 Å². The summed E-state index contributed by atoms with van der Waals surface area (Å²) in [6, 6.07) is 0.247. The van der Waals surface area contributed by atoms with E-state index in [0.29, 0.717) is 11.3 Å². The minimum Gasteiger partial charge on any atom is -0.379 e. The number of hydrogen-bond donors (Lipinski definition) is 2. The highest BCUT2D eigenvalue weighted by Crippen LogP contribution is 2.39. The van der Waals surface area contributed by atoms with Crippen molar-refractivity contribution in [3.05, 3.63) is 0 Å². The molecule has 1 saturated heterocycles. The summed E-state index contributed by atoms with van der Waals surface area (Å²) in [6.07, 6.45) is 4.17. The van der Waals surface area contributed by atoms with Crippen LogP contribution in [0.5, 0.6) is 0 Å². The average molecular weight is 198 g/mol. The maximum atomic E-state index is 5.91. The predicted molar refractivity (Wildman–Crippen MR) is 57.1 cm³/mol. The van der Waals surface area contributed by atoms with Gasteiger partial charge in [-0.3, -0.25) is 0 Å². The molecule has 0 spiro atoms. The van der Waals surface area contributed by atoms with E-state index in [-0.39, 0.29) is 6.04 Å². The van der Waals surface area contributed by atoms with E-state index in [2.05, 4.69) is 12.2 Å². The molecule has 2 rings (SSSR count). The molecule has 1 heterocycles. The zero-order chi connectivity index (χ0) is 10.0. The topological polar surface area (TPSA) is 47.3 Å². The smallest absolute Gasteiger partial charge is 0.0621 e. The molecule has 1 aliphatic carbocycles. The predicted octanol–water partition coefficient (Wildman–Crippen LogP) is 0.740. The van der Waals surface area contributed by atoms with E-state index in [0.717, 1.165) is 26.3 Å². The summed E-state index contributed by atoms with van der Waals surface area (Å²) in [5, 5.41) is 3.54. The van der Waals surface area contributed by atoms with E-state index in [1.165, 1.54) is 19.3 Å². The van der Waals surface area contributed by atoms with Crippen LogP contribution in [0.1, 0.15) is 26.2 Å². The van der Waals surface area contributed by atoms with Crippen LogP contribution in [0.2, 0.25) is 0 Å². The Balaban J connectivity index is 1.62. The Morgan fingerprint density at radius 3 is 2.71 bits per heavy atom. The Morgan fingerprint density at radius 1 is 1.43 bits per heavy atom. The number of nitrogens with two attached hydrogens (primary N) is 1. The van der Waals surface area contributed by atoms with Gasteiger partial charge in [0.2, 0.25) is 0 Å². The van der Waals surface area contributed by atoms with Crippen LogP contribution < -0.4 is 11.1 Å². The summed E-state index contributed by atoms with van der Waals surface area (Å²) < 4.78 is 5.33. The molecule has 82 valence electrons. The molecule has 0 bridgehead atoms. The van der Waals surface area contributed by atoms with Crippen molar-refractivity contribution in [2.45, 2.75) is 32.2 Å². The zero-order valence-corrected chi connectivity index (χ0v) is 9.09. The molecule has 1 saturated carbocycles. The number of hydrogen-bond acceptors (Lipinski definition) is 3. The minimum absolute atomic E-state index is 0.247. The van der Waals surface area contributed by atoms with Crippen LogP contribution >= 0.6 is 0 Å². The fourth-order valence-electron chi connectivity index (χ4n) is 2.34. The molecule has 3 N–H and O–H groups in total. The molecular formula is C11H22N2O. The average Bonchev–Trinajstić information content (AvgIpc) is 2.49. The minimum atomic E-state index is 0.247. The Morgan fingerprint density at radius 2 is 2.21 bits per heavy atom. The monoisotopic (exact) mass is 198 g/mol. The van der Waals surface area contributed by atoms with E-state index < -0.39 is 0 Å². The molecule has 2 atom stereocenters. The van der Waals surface area contributed by atoms with Crippen LogP contribution in [0.15, 0.2) is 0 Å². The van der Waals surface area contributed by atoms with Gasteiger partial charge in [0.15, 0.2) is 0 Å². The molecule has 2 fully saturated rings. The second-order valence-electron chi connectivity index (χ2n) is 5.26. The summed E-state index contributed by atoms with van der Waals surface area (Å²) in [5.74, 6) is 0.527. The Kier molecular flexibility index (Phi) is 3.10. The van der Waals surface area contributed by atoms with Gasteiger partial charge in [-0.2, -0.15) is 0 Å². The fraction of sp³-hybridized carbons (Fsp3) is 1.00. The first-order valence-corrected chi connectivity index (χ1v) is 5.74. The van der Waals surface area contributed by atoms with Crippen molar-refractivity contribution in [2.75, 3.05) is 26.3 Å².